The molecular formula is C8H15N3S. The quantitative estimate of drug-likeness (QED) is 0.715. The predicted octanol–water partition coefficient (Wildman–Crippen LogP) is 2.12. The van der Waals surface area contributed by atoms with E-state index in [0.717, 1.165) is 12.1 Å². The lowest BCUT2D eigenvalue weighted by atomic mass is 10.1. The van der Waals surface area contributed by atoms with Gasteiger partial charge in [0.25, 0.3) is 0 Å². The number of rotatable bonds is 5. The fourth-order valence-electron chi connectivity index (χ4n) is 1.10. The third-order valence-electron chi connectivity index (χ3n) is 1.88. The van der Waals surface area contributed by atoms with E-state index in [-0.39, 0.29) is 6.04 Å². The molecule has 0 saturated heterocycles. The summed E-state index contributed by atoms with van der Waals surface area (Å²) >= 11 is 1.23. The minimum absolute atomic E-state index is 0.0929. The Hall–Kier alpha value is -0.480. The van der Waals surface area contributed by atoms with Gasteiger partial charge in [-0.05, 0) is 6.42 Å². The van der Waals surface area contributed by atoms with Gasteiger partial charge in [0, 0.05) is 6.04 Å². The number of aromatic nitrogens is 2. The van der Waals surface area contributed by atoms with Crippen LogP contribution in [0.1, 0.15) is 44.3 Å². The zero-order valence-corrected chi connectivity index (χ0v) is 8.18. The zero-order chi connectivity index (χ0) is 8.81. The first-order valence-electron chi connectivity index (χ1n) is 4.37. The number of hydrogen-bond acceptors (Lipinski definition) is 4. The highest BCUT2D eigenvalue weighted by Gasteiger charge is 2.07. The second-order valence-corrected chi connectivity index (χ2v) is 3.49. The van der Waals surface area contributed by atoms with Gasteiger partial charge in [0.15, 0.2) is 0 Å². The number of nitrogens with two attached hydrogens (primary N) is 1. The predicted molar refractivity (Wildman–Crippen MR) is 51.0 cm³/mol. The summed E-state index contributed by atoms with van der Waals surface area (Å²) in [4.78, 5) is 0. The Kier molecular flexibility index (Phi) is 4.18. The Bertz CT molecular complexity index is 198. The topological polar surface area (TPSA) is 51.8 Å². The maximum atomic E-state index is 5.88. The molecule has 1 rings (SSSR count). The Balaban J connectivity index is 2.25. The fourth-order valence-corrected chi connectivity index (χ4v) is 1.58. The third-order valence-corrected chi connectivity index (χ3v) is 2.37. The first kappa shape index (κ1) is 9.61. The molecule has 0 saturated carbocycles. The number of nitrogens with zero attached hydrogens (tertiary/aromatic N) is 2. The lowest BCUT2D eigenvalue weighted by Gasteiger charge is -2.06. The highest BCUT2D eigenvalue weighted by Crippen LogP contribution is 2.14. The molecule has 12 heavy (non-hydrogen) atoms. The van der Waals surface area contributed by atoms with Crippen LogP contribution in [0.2, 0.25) is 0 Å². The van der Waals surface area contributed by atoms with Crippen molar-refractivity contribution in [3.05, 3.63) is 11.9 Å². The van der Waals surface area contributed by atoms with Crippen molar-refractivity contribution < 1.29 is 0 Å². The number of hydrogen-bond donors (Lipinski definition) is 1. The van der Waals surface area contributed by atoms with Crippen molar-refractivity contribution in [1.82, 2.24) is 8.75 Å². The molecule has 1 unspecified atom stereocenters. The molecule has 0 fully saturated rings. The van der Waals surface area contributed by atoms with Crippen LogP contribution in [0.25, 0.3) is 0 Å². The fraction of sp³-hybridized carbons (Fsp3) is 0.750. The van der Waals surface area contributed by atoms with E-state index in [0.29, 0.717) is 0 Å². The molecule has 4 heteroatoms. The van der Waals surface area contributed by atoms with Crippen molar-refractivity contribution in [3.8, 4) is 0 Å². The van der Waals surface area contributed by atoms with Crippen LogP contribution in [0.3, 0.4) is 0 Å². The van der Waals surface area contributed by atoms with Crippen molar-refractivity contribution >= 4 is 11.7 Å². The molecule has 0 aromatic carbocycles. The molecule has 1 aromatic rings. The van der Waals surface area contributed by atoms with Crippen LogP contribution in [0.15, 0.2) is 6.20 Å². The van der Waals surface area contributed by atoms with Gasteiger partial charge in [0.05, 0.1) is 23.6 Å². The smallest absolute Gasteiger partial charge is 0.0910 e. The summed E-state index contributed by atoms with van der Waals surface area (Å²) in [6.07, 6.45) is 6.48. The maximum absolute atomic E-state index is 5.88. The highest BCUT2D eigenvalue weighted by molar-refractivity contribution is 6.99. The average Bonchev–Trinajstić information content (AvgIpc) is 2.56. The summed E-state index contributed by atoms with van der Waals surface area (Å²) < 4.78 is 8.02. The molecule has 0 aliphatic rings. The van der Waals surface area contributed by atoms with Gasteiger partial charge in [0.1, 0.15) is 0 Å². The largest absolute Gasteiger partial charge is 0.323 e. The van der Waals surface area contributed by atoms with Crippen LogP contribution in [-0.4, -0.2) is 8.75 Å². The second-order valence-electron chi connectivity index (χ2n) is 2.93. The molecule has 0 aliphatic heterocycles. The minimum Gasteiger partial charge on any atom is -0.323 e. The maximum Gasteiger partial charge on any atom is 0.0910 e. The molecule has 2 N–H and O–H groups in total. The molecule has 1 heterocycles. The van der Waals surface area contributed by atoms with Crippen molar-refractivity contribution in [2.24, 2.45) is 5.73 Å². The SMILES string of the molecule is CCCCCC(N)c1cnsn1. The molecular weight excluding hydrogens is 170 g/mol. The first-order valence-corrected chi connectivity index (χ1v) is 5.10. The highest BCUT2D eigenvalue weighted by atomic mass is 32.1. The average molecular weight is 185 g/mol. The Morgan fingerprint density at radius 2 is 2.42 bits per heavy atom. The minimum atomic E-state index is 0.0929. The van der Waals surface area contributed by atoms with E-state index in [1.807, 2.05) is 0 Å². The van der Waals surface area contributed by atoms with Gasteiger partial charge < -0.3 is 5.73 Å². The summed E-state index contributed by atoms with van der Waals surface area (Å²) in [5, 5.41) is 0. The van der Waals surface area contributed by atoms with Gasteiger partial charge >= 0.3 is 0 Å². The normalized spacial score (nSPS) is 13.2. The summed E-state index contributed by atoms with van der Waals surface area (Å²) in [5.74, 6) is 0. The lowest BCUT2D eigenvalue weighted by molar-refractivity contribution is 0.574. The molecule has 0 spiro atoms. The molecule has 3 nitrogen and oxygen atoms in total. The Morgan fingerprint density at radius 1 is 1.58 bits per heavy atom. The molecule has 68 valence electrons. The number of unbranched alkanes of at least 4 members (excludes halogenated alkanes) is 2. The summed E-state index contributed by atoms with van der Waals surface area (Å²) in [5.41, 5.74) is 6.83. The molecule has 0 bridgehead atoms. The van der Waals surface area contributed by atoms with Gasteiger partial charge in [-0.15, -0.1) is 0 Å². The first-order chi connectivity index (χ1) is 5.84. The standard InChI is InChI=1S/C8H15N3S/c1-2-3-4-5-7(9)8-6-10-12-11-8/h6-7H,2-5,9H2,1H3. The van der Waals surface area contributed by atoms with E-state index in [1.54, 1.807) is 6.20 Å². The van der Waals surface area contributed by atoms with Crippen molar-refractivity contribution in [1.29, 1.82) is 0 Å². The van der Waals surface area contributed by atoms with Crippen LogP contribution in [0, 0.1) is 0 Å². The molecule has 0 aliphatic carbocycles. The van der Waals surface area contributed by atoms with E-state index < -0.39 is 0 Å². The monoisotopic (exact) mass is 185 g/mol. The third kappa shape index (κ3) is 2.87. The van der Waals surface area contributed by atoms with Gasteiger partial charge in [-0.2, -0.15) is 8.75 Å². The van der Waals surface area contributed by atoms with Crippen LogP contribution in [0.5, 0.6) is 0 Å². The summed E-state index contributed by atoms with van der Waals surface area (Å²) in [6.45, 7) is 2.19. The van der Waals surface area contributed by atoms with E-state index in [9.17, 15) is 0 Å². The molecule has 1 atom stereocenters. The van der Waals surface area contributed by atoms with E-state index in [4.69, 9.17) is 5.73 Å². The lowest BCUT2D eigenvalue weighted by Crippen LogP contribution is -2.10. The van der Waals surface area contributed by atoms with E-state index >= 15 is 0 Å². The van der Waals surface area contributed by atoms with Crippen LogP contribution < -0.4 is 5.73 Å². The second kappa shape index (κ2) is 5.22. The summed E-state index contributed by atoms with van der Waals surface area (Å²) in [7, 11) is 0. The molecule has 0 radical (unpaired) electrons. The molecule has 1 aromatic heterocycles. The Morgan fingerprint density at radius 3 is 3.00 bits per heavy atom. The van der Waals surface area contributed by atoms with Crippen LogP contribution in [0.4, 0.5) is 0 Å². The van der Waals surface area contributed by atoms with Gasteiger partial charge in [-0.1, -0.05) is 26.2 Å². The van der Waals surface area contributed by atoms with Crippen molar-refractivity contribution in [2.75, 3.05) is 0 Å². The Labute approximate surface area is 77.3 Å². The van der Waals surface area contributed by atoms with Crippen LogP contribution in [-0.2, 0) is 0 Å². The summed E-state index contributed by atoms with van der Waals surface area (Å²) in [6, 6.07) is 0.0929. The van der Waals surface area contributed by atoms with E-state index in [2.05, 4.69) is 15.7 Å². The van der Waals surface area contributed by atoms with Crippen molar-refractivity contribution in [2.45, 2.75) is 38.6 Å². The molecule has 0 amide bonds. The van der Waals surface area contributed by atoms with Gasteiger partial charge in [-0.3, -0.25) is 0 Å². The van der Waals surface area contributed by atoms with Crippen LogP contribution >= 0.6 is 11.7 Å². The van der Waals surface area contributed by atoms with Crippen molar-refractivity contribution in [3.63, 3.8) is 0 Å². The van der Waals surface area contributed by atoms with Gasteiger partial charge in [-0.25, -0.2) is 0 Å². The van der Waals surface area contributed by atoms with E-state index in [1.165, 1.54) is 31.0 Å². The zero-order valence-electron chi connectivity index (χ0n) is 7.36. The van der Waals surface area contributed by atoms with Gasteiger partial charge in [0.2, 0.25) is 0 Å².